The van der Waals surface area contributed by atoms with Crippen molar-refractivity contribution in [2.45, 2.75) is 13.3 Å². The lowest BCUT2D eigenvalue weighted by molar-refractivity contribution is 1.23. The highest BCUT2D eigenvalue weighted by Crippen LogP contribution is 2.22. The maximum atomic E-state index is 2.24. The van der Waals surface area contributed by atoms with Crippen LogP contribution in [0.3, 0.4) is 0 Å². The Balaban J connectivity index is 2.42. The molecule has 66 valence electrons. The summed E-state index contributed by atoms with van der Waals surface area (Å²) >= 11 is 1.80. The van der Waals surface area contributed by atoms with Crippen LogP contribution in [0.15, 0.2) is 35.7 Å². The quantitative estimate of drug-likeness (QED) is 0.658. The molecule has 0 unspecified atom stereocenters. The van der Waals surface area contributed by atoms with Gasteiger partial charge in [0.25, 0.3) is 0 Å². The summed E-state index contributed by atoms with van der Waals surface area (Å²) in [7, 11) is 0. The third-order valence-electron chi connectivity index (χ3n) is 2.03. The average Bonchev–Trinajstić information content (AvgIpc) is 2.61. The molecule has 0 saturated heterocycles. The third-order valence-corrected chi connectivity index (χ3v) is 2.91. The maximum Gasteiger partial charge on any atom is 0.0348 e. The van der Waals surface area contributed by atoms with E-state index in [2.05, 4.69) is 48.7 Å². The Hall–Kier alpha value is -1.08. The van der Waals surface area contributed by atoms with Crippen LogP contribution >= 0.6 is 11.3 Å². The Kier molecular flexibility index (Phi) is 2.46. The normalized spacial score (nSPS) is 11.5. The molecule has 0 N–H and O–H groups in total. The van der Waals surface area contributed by atoms with Crippen molar-refractivity contribution in [1.29, 1.82) is 0 Å². The van der Waals surface area contributed by atoms with E-state index in [4.69, 9.17) is 0 Å². The highest BCUT2D eigenvalue weighted by molar-refractivity contribution is 7.17. The van der Waals surface area contributed by atoms with Gasteiger partial charge in [0.2, 0.25) is 0 Å². The standard InChI is InChI=1S/C12H12S/c1-2-3-4-10-5-6-11-7-8-13-12(11)9-10/h3-9H,2H2,1H3/b4-3+. The number of rotatable bonds is 2. The summed E-state index contributed by atoms with van der Waals surface area (Å²) in [6.45, 7) is 2.15. The van der Waals surface area contributed by atoms with Crippen LogP contribution in [-0.4, -0.2) is 0 Å². The SMILES string of the molecule is CC/C=C/c1ccc2ccsc2c1. The molecule has 0 amide bonds. The molecule has 0 radical (unpaired) electrons. The zero-order valence-corrected chi connectivity index (χ0v) is 8.47. The fourth-order valence-corrected chi connectivity index (χ4v) is 2.17. The molecule has 0 spiro atoms. The van der Waals surface area contributed by atoms with E-state index in [1.54, 1.807) is 11.3 Å². The molecule has 0 nitrogen and oxygen atoms in total. The van der Waals surface area contributed by atoms with Crippen molar-refractivity contribution >= 4 is 27.5 Å². The van der Waals surface area contributed by atoms with Crippen LogP contribution in [0.4, 0.5) is 0 Å². The predicted octanol–water partition coefficient (Wildman–Crippen LogP) is 4.32. The first-order valence-corrected chi connectivity index (χ1v) is 5.42. The lowest BCUT2D eigenvalue weighted by Gasteiger charge is -1.93. The van der Waals surface area contributed by atoms with E-state index in [-0.39, 0.29) is 0 Å². The first-order valence-electron chi connectivity index (χ1n) is 4.54. The summed E-state index contributed by atoms with van der Waals surface area (Å²) in [5, 5.41) is 3.48. The van der Waals surface area contributed by atoms with Crippen LogP contribution in [0, 0.1) is 0 Å². The minimum Gasteiger partial charge on any atom is -0.144 e. The van der Waals surface area contributed by atoms with Crippen molar-refractivity contribution in [3.05, 3.63) is 41.3 Å². The second-order valence-corrected chi connectivity index (χ2v) is 3.98. The molecular formula is C12H12S. The van der Waals surface area contributed by atoms with Gasteiger partial charge in [0.1, 0.15) is 0 Å². The molecule has 1 heterocycles. The van der Waals surface area contributed by atoms with Gasteiger partial charge in [-0.25, -0.2) is 0 Å². The summed E-state index contributed by atoms with van der Waals surface area (Å²) in [4.78, 5) is 0. The Morgan fingerprint density at radius 2 is 2.23 bits per heavy atom. The second-order valence-electron chi connectivity index (χ2n) is 3.03. The van der Waals surface area contributed by atoms with Gasteiger partial charge in [0, 0.05) is 4.70 Å². The van der Waals surface area contributed by atoms with Crippen LogP contribution in [0.1, 0.15) is 18.9 Å². The van der Waals surface area contributed by atoms with Gasteiger partial charge in [-0.3, -0.25) is 0 Å². The van der Waals surface area contributed by atoms with E-state index in [0.29, 0.717) is 0 Å². The van der Waals surface area contributed by atoms with Gasteiger partial charge in [-0.1, -0.05) is 31.2 Å². The van der Waals surface area contributed by atoms with E-state index < -0.39 is 0 Å². The van der Waals surface area contributed by atoms with Crippen LogP contribution < -0.4 is 0 Å². The smallest absolute Gasteiger partial charge is 0.0348 e. The summed E-state index contributed by atoms with van der Waals surface area (Å²) in [5.41, 5.74) is 1.30. The Morgan fingerprint density at radius 1 is 1.31 bits per heavy atom. The largest absolute Gasteiger partial charge is 0.144 e. The number of allylic oxidation sites excluding steroid dienone is 1. The topological polar surface area (TPSA) is 0 Å². The summed E-state index contributed by atoms with van der Waals surface area (Å²) in [5.74, 6) is 0. The van der Waals surface area contributed by atoms with E-state index >= 15 is 0 Å². The molecule has 1 aromatic heterocycles. The maximum absolute atomic E-state index is 2.24. The van der Waals surface area contributed by atoms with Gasteiger partial charge >= 0.3 is 0 Å². The Labute approximate surface area is 82.5 Å². The van der Waals surface area contributed by atoms with Crippen molar-refractivity contribution < 1.29 is 0 Å². The van der Waals surface area contributed by atoms with Crippen LogP contribution in [-0.2, 0) is 0 Å². The monoisotopic (exact) mass is 188 g/mol. The molecule has 0 fully saturated rings. The highest BCUT2D eigenvalue weighted by atomic mass is 32.1. The summed E-state index contributed by atoms with van der Waals surface area (Å²) in [6.07, 6.45) is 5.47. The van der Waals surface area contributed by atoms with Crippen LogP contribution in [0.5, 0.6) is 0 Å². The number of hydrogen-bond acceptors (Lipinski definition) is 1. The predicted molar refractivity (Wildman–Crippen MR) is 61.2 cm³/mol. The summed E-state index contributed by atoms with van der Waals surface area (Å²) < 4.78 is 1.37. The summed E-state index contributed by atoms with van der Waals surface area (Å²) in [6, 6.07) is 8.75. The Bertz CT molecular complexity index is 423. The Morgan fingerprint density at radius 3 is 3.08 bits per heavy atom. The van der Waals surface area contributed by atoms with Gasteiger partial charge < -0.3 is 0 Å². The van der Waals surface area contributed by atoms with Gasteiger partial charge in [0.15, 0.2) is 0 Å². The van der Waals surface area contributed by atoms with Crippen LogP contribution in [0.2, 0.25) is 0 Å². The number of hydrogen-bond donors (Lipinski definition) is 0. The number of fused-ring (bicyclic) bond motifs is 1. The van der Waals surface area contributed by atoms with E-state index in [9.17, 15) is 0 Å². The molecular weight excluding hydrogens is 176 g/mol. The molecule has 0 bridgehead atoms. The second kappa shape index (κ2) is 3.75. The minimum atomic E-state index is 1.10. The minimum absolute atomic E-state index is 1.10. The number of thiophene rings is 1. The van der Waals surface area contributed by atoms with Crippen molar-refractivity contribution in [1.82, 2.24) is 0 Å². The molecule has 0 atom stereocenters. The molecule has 0 aliphatic rings. The average molecular weight is 188 g/mol. The third kappa shape index (κ3) is 1.81. The fraction of sp³-hybridized carbons (Fsp3) is 0.167. The first-order chi connectivity index (χ1) is 6.40. The van der Waals surface area contributed by atoms with Crippen LogP contribution in [0.25, 0.3) is 16.2 Å². The van der Waals surface area contributed by atoms with Crippen molar-refractivity contribution in [2.24, 2.45) is 0 Å². The van der Waals surface area contributed by atoms with Gasteiger partial charge in [-0.2, -0.15) is 0 Å². The van der Waals surface area contributed by atoms with Gasteiger partial charge in [0.05, 0.1) is 0 Å². The van der Waals surface area contributed by atoms with Crippen molar-refractivity contribution in [3.8, 4) is 0 Å². The molecule has 1 aromatic carbocycles. The molecule has 0 aliphatic heterocycles. The zero-order valence-electron chi connectivity index (χ0n) is 7.66. The molecule has 0 saturated carbocycles. The van der Waals surface area contributed by atoms with E-state index in [1.807, 2.05) is 0 Å². The highest BCUT2D eigenvalue weighted by Gasteiger charge is 1.93. The molecule has 0 aliphatic carbocycles. The van der Waals surface area contributed by atoms with Crippen molar-refractivity contribution in [2.75, 3.05) is 0 Å². The fourth-order valence-electron chi connectivity index (χ4n) is 1.33. The van der Waals surface area contributed by atoms with Gasteiger partial charge in [-0.15, -0.1) is 11.3 Å². The van der Waals surface area contributed by atoms with E-state index in [0.717, 1.165) is 6.42 Å². The lowest BCUT2D eigenvalue weighted by Crippen LogP contribution is -1.69. The number of benzene rings is 1. The molecule has 2 aromatic rings. The molecule has 13 heavy (non-hydrogen) atoms. The molecule has 2 rings (SSSR count). The lowest BCUT2D eigenvalue weighted by atomic mass is 10.1. The molecule has 1 heteroatoms. The van der Waals surface area contributed by atoms with Crippen molar-refractivity contribution in [3.63, 3.8) is 0 Å². The zero-order chi connectivity index (χ0) is 9.10. The van der Waals surface area contributed by atoms with Gasteiger partial charge in [-0.05, 0) is 34.9 Å². The van der Waals surface area contributed by atoms with E-state index in [1.165, 1.54) is 15.6 Å². The first kappa shape index (κ1) is 8.52.